The number of anilines is 2. The molecule has 374 valence electrons. The summed E-state index contributed by atoms with van der Waals surface area (Å²) in [7, 11) is 0. The fraction of sp³-hybridized carbons (Fsp3) is 0.214. The van der Waals surface area contributed by atoms with Gasteiger partial charge in [0.25, 0.3) is 0 Å². The normalized spacial score (nSPS) is 13.4. The van der Waals surface area contributed by atoms with Crippen LogP contribution >= 0.6 is 0 Å². The topological polar surface area (TPSA) is 33.5 Å². The van der Waals surface area contributed by atoms with Gasteiger partial charge >= 0.3 is 0 Å². The molecular weight excluding hydrogens is 913 g/mol. The van der Waals surface area contributed by atoms with Crippen LogP contribution in [0.3, 0.4) is 0 Å². The molecule has 1 aliphatic heterocycles. The van der Waals surface area contributed by atoms with Crippen LogP contribution in [0.25, 0.3) is 44.4 Å². The van der Waals surface area contributed by atoms with Crippen molar-refractivity contribution in [2.24, 2.45) is 0 Å². The van der Waals surface area contributed by atoms with Crippen molar-refractivity contribution in [2.45, 2.75) is 90.9 Å². The minimum absolute atomic E-state index is 0.0298. The van der Waals surface area contributed by atoms with Crippen LogP contribution in [0.2, 0.25) is 0 Å². The third kappa shape index (κ3) is 9.53. The second kappa shape index (κ2) is 19.0. The number of benzene rings is 8. The number of ether oxygens (including phenoxy) is 1. The van der Waals surface area contributed by atoms with Crippen LogP contribution in [-0.4, -0.2) is 16.2 Å². The van der Waals surface area contributed by atoms with E-state index in [1.807, 2.05) is 6.20 Å². The van der Waals surface area contributed by atoms with Crippen molar-refractivity contribution in [3.8, 4) is 28.4 Å². The van der Waals surface area contributed by atoms with E-state index >= 15 is 0 Å². The molecule has 0 saturated heterocycles. The maximum atomic E-state index is 7.21. The average molecular weight is 981 g/mol. The van der Waals surface area contributed by atoms with Crippen LogP contribution in [0.5, 0.6) is 11.5 Å². The van der Waals surface area contributed by atoms with E-state index in [9.17, 15) is 0 Å². The summed E-state index contributed by atoms with van der Waals surface area (Å²) >= 11 is 0. The number of nitrogens with zero attached hydrogens (tertiary/aromatic N) is 4. The molecule has 0 fully saturated rings. The Balaban J connectivity index is 1.05. The third-order valence-corrected chi connectivity index (χ3v) is 15.6. The minimum atomic E-state index is -0.347. The highest BCUT2D eigenvalue weighted by atomic mass is 16.5. The van der Waals surface area contributed by atoms with Crippen LogP contribution in [-0.2, 0) is 21.7 Å². The predicted octanol–water partition coefficient (Wildman–Crippen LogP) is 18.2. The second-order valence-electron chi connectivity index (χ2n) is 23.5. The molecule has 5 nitrogen and oxygen atoms in total. The summed E-state index contributed by atoms with van der Waals surface area (Å²) in [5, 5.41) is 2.29. The zero-order valence-electron chi connectivity index (χ0n) is 45.2. The highest BCUT2D eigenvalue weighted by molar-refractivity contribution is 6.10. The number of rotatable bonds is 11. The molecule has 0 bridgehead atoms. The van der Waals surface area contributed by atoms with Crippen LogP contribution in [0.15, 0.2) is 219 Å². The Morgan fingerprint density at radius 2 is 0.973 bits per heavy atom. The van der Waals surface area contributed by atoms with Crippen molar-refractivity contribution >= 4 is 38.9 Å². The van der Waals surface area contributed by atoms with E-state index in [0.717, 1.165) is 56.1 Å². The molecule has 0 atom stereocenters. The summed E-state index contributed by atoms with van der Waals surface area (Å²) in [6.07, 6.45) is 4.28. The minimum Gasteiger partial charge on any atom is -0.457 e. The quantitative estimate of drug-likeness (QED) is 0.129. The number of fused-ring (bicyclic) bond motifs is 3. The summed E-state index contributed by atoms with van der Waals surface area (Å²) in [6.45, 7) is 23.7. The van der Waals surface area contributed by atoms with E-state index < -0.39 is 0 Å². The Kier molecular flexibility index (Phi) is 12.4. The van der Waals surface area contributed by atoms with E-state index in [1.165, 1.54) is 50.2 Å². The molecule has 0 unspecified atom stereocenters. The molecule has 5 heteroatoms. The molecule has 75 heavy (non-hydrogen) atoms. The average Bonchev–Trinajstić information content (AvgIpc) is 4.01. The van der Waals surface area contributed by atoms with Gasteiger partial charge in [-0.3, -0.25) is 4.57 Å². The summed E-state index contributed by atoms with van der Waals surface area (Å²) in [5.74, 6) is 2.37. The maximum Gasteiger partial charge on any atom is 0.137 e. The highest BCUT2D eigenvalue weighted by Crippen LogP contribution is 2.44. The Labute approximate surface area is 444 Å². The van der Waals surface area contributed by atoms with Crippen molar-refractivity contribution < 1.29 is 4.74 Å². The van der Waals surface area contributed by atoms with Gasteiger partial charge in [-0.15, -0.1) is 0 Å². The van der Waals surface area contributed by atoms with Gasteiger partial charge in [0.2, 0.25) is 0 Å². The van der Waals surface area contributed by atoms with Crippen molar-refractivity contribution in [1.82, 2.24) is 9.55 Å². The monoisotopic (exact) mass is 981 g/mol. The third-order valence-electron chi connectivity index (χ3n) is 15.6. The summed E-state index contributed by atoms with van der Waals surface area (Å²) in [6, 6.07) is 74.7. The SMILES string of the molecule is CC(C)(C)c1cc(N2CN(c3cc(Oc4ccc5c6cc(-c7ccccc7)ccc6n(-c6cc(C(C)(C)c7ccccc7)ccn6)c5c4)cc(C(C)(C)c4ccccc4)c3)C=C2c2ccccc2)cc(C(C)(C)C)c1. The van der Waals surface area contributed by atoms with Gasteiger partial charge in [-0.25, -0.2) is 4.98 Å². The van der Waals surface area contributed by atoms with Crippen molar-refractivity contribution in [3.63, 3.8) is 0 Å². The molecular formula is C70H68N4O. The first-order valence-electron chi connectivity index (χ1n) is 26.4. The molecule has 3 heterocycles. The zero-order valence-corrected chi connectivity index (χ0v) is 45.2. The standard InChI is InChI=1S/C70H68N4O/c1-67(2,3)54-38-55(68(4,5)6)40-58(39-54)73-47-72(46-65(73)49-25-17-12-18-26-49)57-41-56(70(9,10)52-29-21-14-22-30-52)42-60(44-57)75-59-32-33-61-62-37-50(48-23-15-11-16-24-48)31-34-63(62)74(64(61)45-59)66-43-53(35-36-71-66)69(7,8)51-27-19-13-20-28-51/h11-46H,47H2,1-10H3. The first-order chi connectivity index (χ1) is 35.9. The zero-order chi connectivity index (χ0) is 52.3. The van der Waals surface area contributed by atoms with Crippen molar-refractivity contribution in [1.29, 1.82) is 0 Å². The molecule has 1 aliphatic rings. The summed E-state index contributed by atoms with van der Waals surface area (Å²) in [5.41, 5.74) is 15.8. The second-order valence-corrected chi connectivity index (χ2v) is 23.5. The molecule has 0 N–H and O–H groups in total. The lowest BCUT2D eigenvalue weighted by molar-refractivity contribution is 0.480. The largest absolute Gasteiger partial charge is 0.457 e. The maximum absolute atomic E-state index is 7.21. The molecule has 10 aromatic rings. The molecule has 2 aromatic heterocycles. The number of aromatic nitrogens is 2. The molecule has 0 spiro atoms. The number of pyridine rings is 1. The van der Waals surface area contributed by atoms with Gasteiger partial charge in [-0.2, -0.15) is 0 Å². The fourth-order valence-electron chi connectivity index (χ4n) is 10.7. The first kappa shape index (κ1) is 49.1. The van der Waals surface area contributed by atoms with Crippen molar-refractivity contribution in [2.75, 3.05) is 16.5 Å². The van der Waals surface area contributed by atoms with Crippen molar-refractivity contribution in [3.05, 3.63) is 258 Å². The van der Waals surface area contributed by atoms with E-state index in [1.54, 1.807) is 0 Å². The lowest BCUT2D eigenvalue weighted by atomic mass is 9.78. The van der Waals surface area contributed by atoms with Gasteiger partial charge in [0.1, 0.15) is 17.3 Å². The lowest BCUT2D eigenvalue weighted by Crippen LogP contribution is -2.28. The molecule has 0 aliphatic carbocycles. The van der Waals surface area contributed by atoms with Gasteiger partial charge in [-0.1, -0.05) is 203 Å². The van der Waals surface area contributed by atoms with Crippen LogP contribution < -0.4 is 14.5 Å². The van der Waals surface area contributed by atoms with Gasteiger partial charge < -0.3 is 14.5 Å². The molecule has 0 saturated carbocycles. The van der Waals surface area contributed by atoms with Crippen LogP contribution in [0.4, 0.5) is 11.4 Å². The highest BCUT2D eigenvalue weighted by Gasteiger charge is 2.31. The summed E-state index contributed by atoms with van der Waals surface area (Å²) in [4.78, 5) is 9.97. The Morgan fingerprint density at radius 1 is 0.400 bits per heavy atom. The Bertz CT molecular complexity index is 3690. The van der Waals surface area contributed by atoms with Crippen LogP contribution in [0, 0.1) is 0 Å². The van der Waals surface area contributed by atoms with Gasteiger partial charge in [-0.05, 0) is 122 Å². The van der Waals surface area contributed by atoms with E-state index in [0.29, 0.717) is 6.67 Å². The van der Waals surface area contributed by atoms with Gasteiger partial charge in [0, 0.05) is 57.5 Å². The number of hydrogen-bond acceptors (Lipinski definition) is 4. The van der Waals surface area contributed by atoms with Gasteiger partial charge in [0.05, 0.1) is 23.4 Å². The molecule has 11 rings (SSSR count). The molecule has 8 aromatic carbocycles. The predicted molar refractivity (Wildman–Crippen MR) is 316 cm³/mol. The summed E-state index contributed by atoms with van der Waals surface area (Å²) < 4.78 is 9.52. The smallest absolute Gasteiger partial charge is 0.137 e. The number of hydrogen-bond donors (Lipinski definition) is 0. The van der Waals surface area contributed by atoms with E-state index in [2.05, 4.69) is 296 Å². The Morgan fingerprint density at radius 3 is 1.59 bits per heavy atom. The first-order valence-corrected chi connectivity index (χ1v) is 26.4. The fourth-order valence-corrected chi connectivity index (χ4v) is 10.7. The van der Waals surface area contributed by atoms with E-state index in [-0.39, 0.29) is 21.7 Å². The molecule has 0 radical (unpaired) electrons. The van der Waals surface area contributed by atoms with Crippen LogP contribution in [0.1, 0.15) is 108 Å². The van der Waals surface area contributed by atoms with Gasteiger partial charge in [0.15, 0.2) is 0 Å². The molecule has 0 amide bonds. The Hall–Kier alpha value is -8.15. The lowest BCUT2D eigenvalue weighted by Gasteiger charge is -2.31. The van der Waals surface area contributed by atoms with E-state index in [4.69, 9.17) is 9.72 Å².